The van der Waals surface area contributed by atoms with Crippen molar-refractivity contribution in [3.05, 3.63) is 65.8 Å². The fraction of sp³-hybridized carbons (Fsp3) is 0.400. The summed E-state index contributed by atoms with van der Waals surface area (Å²) in [5.74, 6) is 1.86. The lowest BCUT2D eigenvalue weighted by Crippen LogP contribution is -2.30. The van der Waals surface area contributed by atoms with Crippen LogP contribution in [0.4, 0.5) is 0 Å². The molecule has 5 rings (SSSR count). The first-order valence-electron chi connectivity index (χ1n) is 9.47. The van der Waals surface area contributed by atoms with Crippen molar-refractivity contribution in [1.29, 1.82) is 0 Å². The third kappa shape index (κ3) is 3.25. The number of benzene rings is 1. The molecule has 1 aliphatic heterocycles. The Morgan fingerprint density at radius 1 is 1.19 bits per heavy atom. The summed E-state index contributed by atoms with van der Waals surface area (Å²) in [7, 11) is 0. The maximum Gasteiger partial charge on any atom is 0.254 e. The Hall–Kier alpha value is -2.96. The number of amides is 1. The van der Waals surface area contributed by atoms with E-state index in [4.69, 9.17) is 4.52 Å². The second-order valence-electron chi connectivity index (χ2n) is 7.35. The Morgan fingerprint density at radius 3 is 2.78 bits per heavy atom. The maximum atomic E-state index is 13.0. The summed E-state index contributed by atoms with van der Waals surface area (Å²) in [6, 6.07) is 7.68. The Kier molecular flexibility index (Phi) is 3.99. The number of carbonyl (C=O) groups excluding carboxylic acids is 1. The number of rotatable bonds is 5. The van der Waals surface area contributed by atoms with Gasteiger partial charge in [-0.3, -0.25) is 4.79 Å². The molecule has 1 amide bonds. The molecule has 0 radical (unpaired) electrons. The summed E-state index contributed by atoms with van der Waals surface area (Å²) in [5.41, 5.74) is 1.83. The van der Waals surface area contributed by atoms with Crippen LogP contribution in [-0.4, -0.2) is 37.0 Å². The molecule has 3 aromatic rings. The molecule has 7 heteroatoms. The number of carbonyl (C=O) groups is 1. The van der Waals surface area contributed by atoms with Gasteiger partial charge in [-0.15, -0.1) is 0 Å². The van der Waals surface area contributed by atoms with E-state index < -0.39 is 0 Å². The number of hydrogen-bond donors (Lipinski definition) is 0. The van der Waals surface area contributed by atoms with Crippen molar-refractivity contribution in [3.63, 3.8) is 0 Å². The molecule has 2 aliphatic rings. The number of imidazole rings is 1. The molecule has 27 heavy (non-hydrogen) atoms. The number of likely N-dealkylation sites (tertiary alicyclic amines) is 1. The standard InChI is InChI=1S/C20H21N5O2/c26-20(16-5-3-14(4-6-16)12-24-11-9-21-13-24)25-10-1-2-17(25)19-22-18(23-27-19)15-7-8-15/h3-6,9,11,13,15,17H,1-2,7-8,10,12H2. The van der Waals surface area contributed by atoms with E-state index in [1.165, 1.54) is 0 Å². The van der Waals surface area contributed by atoms with Gasteiger partial charge in [-0.25, -0.2) is 4.98 Å². The van der Waals surface area contributed by atoms with E-state index in [2.05, 4.69) is 15.1 Å². The summed E-state index contributed by atoms with van der Waals surface area (Å²) in [4.78, 5) is 23.5. The molecule has 1 saturated heterocycles. The number of hydrogen-bond acceptors (Lipinski definition) is 5. The van der Waals surface area contributed by atoms with Crippen molar-refractivity contribution in [2.45, 2.75) is 44.2 Å². The smallest absolute Gasteiger partial charge is 0.254 e. The molecule has 2 fully saturated rings. The van der Waals surface area contributed by atoms with Crippen molar-refractivity contribution < 1.29 is 9.32 Å². The van der Waals surface area contributed by atoms with Gasteiger partial charge in [0, 0.05) is 37.0 Å². The quantitative estimate of drug-likeness (QED) is 0.696. The SMILES string of the molecule is O=C(c1ccc(Cn2ccnc2)cc1)N1CCCC1c1nc(C2CC2)no1. The minimum absolute atomic E-state index is 0.0258. The predicted molar refractivity (Wildman–Crippen MR) is 97.1 cm³/mol. The molecule has 0 bridgehead atoms. The van der Waals surface area contributed by atoms with Crippen molar-refractivity contribution in [2.24, 2.45) is 0 Å². The molecule has 1 saturated carbocycles. The summed E-state index contributed by atoms with van der Waals surface area (Å²) >= 11 is 0. The Bertz CT molecular complexity index is 928. The minimum atomic E-state index is -0.108. The van der Waals surface area contributed by atoms with Crippen LogP contribution in [0.5, 0.6) is 0 Å². The van der Waals surface area contributed by atoms with Gasteiger partial charge in [0.1, 0.15) is 6.04 Å². The van der Waals surface area contributed by atoms with E-state index in [1.807, 2.05) is 39.9 Å². The Labute approximate surface area is 157 Å². The van der Waals surface area contributed by atoms with Crippen LogP contribution in [-0.2, 0) is 6.54 Å². The fourth-order valence-corrected chi connectivity index (χ4v) is 3.67. The first-order valence-corrected chi connectivity index (χ1v) is 9.47. The molecule has 0 N–H and O–H groups in total. The molecule has 1 unspecified atom stereocenters. The second-order valence-corrected chi connectivity index (χ2v) is 7.35. The van der Waals surface area contributed by atoms with E-state index in [1.54, 1.807) is 12.5 Å². The molecule has 2 aromatic heterocycles. The van der Waals surface area contributed by atoms with E-state index in [-0.39, 0.29) is 11.9 Å². The summed E-state index contributed by atoms with van der Waals surface area (Å²) in [6.07, 6.45) is 9.57. The van der Waals surface area contributed by atoms with E-state index in [0.717, 1.165) is 50.2 Å². The Morgan fingerprint density at radius 2 is 2.04 bits per heavy atom. The third-order valence-electron chi connectivity index (χ3n) is 5.32. The minimum Gasteiger partial charge on any atom is -0.337 e. The molecule has 7 nitrogen and oxygen atoms in total. The monoisotopic (exact) mass is 363 g/mol. The van der Waals surface area contributed by atoms with Crippen LogP contribution in [0.3, 0.4) is 0 Å². The third-order valence-corrected chi connectivity index (χ3v) is 5.32. The molecule has 1 aliphatic carbocycles. The van der Waals surface area contributed by atoms with Gasteiger partial charge in [0.25, 0.3) is 5.91 Å². The average molecular weight is 363 g/mol. The zero-order chi connectivity index (χ0) is 18.2. The van der Waals surface area contributed by atoms with Crippen LogP contribution in [0.15, 0.2) is 47.5 Å². The van der Waals surface area contributed by atoms with Gasteiger partial charge in [0.2, 0.25) is 5.89 Å². The lowest BCUT2D eigenvalue weighted by atomic mass is 10.1. The maximum absolute atomic E-state index is 13.0. The normalized spacial score (nSPS) is 19.6. The van der Waals surface area contributed by atoms with Crippen molar-refractivity contribution >= 4 is 5.91 Å². The highest BCUT2D eigenvalue weighted by molar-refractivity contribution is 5.94. The second kappa shape index (κ2) is 6.64. The molecule has 1 atom stereocenters. The molecule has 138 valence electrons. The van der Waals surface area contributed by atoms with Crippen molar-refractivity contribution in [1.82, 2.24) is 24.6 Å². The van der Waals surface area contributed by atoms with Crippen LogP contribution in [0, 0.1) is 0 Å². The van der Waals surface area contributed by atoms with Gasteiger partial charge >= 0.3 is 0 Å². The van der Waals surface area contributed by atoms with Crippen LogP contribution in [0.2, 0.25) is 0 Å². The van der Waals surface area contributed by atoms with E-state index >= 15 is 0 Å². The van der Waals surface area contributed by atoms with E-state index in [0.29, 0.717) is 17.4 Å². The van der Waals surface area contributed by atoms with Gasteiger partial charge in [0.15, 0.2) is 5.82 Å². The fourth-order valence-electron chi connectivity index (χ4n) is 3.67. The lowest BCUT2D eigenvalue weighted by molar-refractivity contribution is 0.0710. The molecular weight excluding hydrogens is 342 g/mol. The van der Waals surface area contributed by atoms with Gasteiger partial charge < -0.3 is 14.0 Å². The zero-order valence-corrected chi connectivity index (χ0v) is 15.0. The van der Waals surface area contributed by atoms with Crippen molar-refractivity contribution in [2.75, 3.05) is 6.54 Å². The number of aromatic nitrogens is 4. The largest absolute Gasteiger partial charge is 0.337 e. The predicted octanol–water partition coefficient (Wildman–Crippen LogP) is 3.17. The summed E-state index contributed by atoms with van der Waals surface area (Å²) in [5, 5.41) is 4.10. The van der Waals surface area contributed by atoms with Crippen LogP contribution >= 0.6 is 0 Å². The highest BCUT2D eigenvalue weighted by atomic mass is 16.5. The summed E-state index contributed by atoms with van der Waals surface area (Å²) in [6.45, 7) is 1.47. The first-order chi connectivity index (χ1) is 13.3. The van der Waals surface area contributed by atoms with Crippen LogP contribution in [0.25, 0.3) is 0 Å². The van der Waals surface area contributed by atoms with Gasteiger partial charge in [-0.2, -0.15) is 4.98 Å². The van der Waals surface area contributed by atoms with Crippen molar-refractivity contribution in [3.8, 4) is 0 Å². The lowest BCUT2D eigenvalue weighted by Gasteiger charge is -2.22. The topological polar surface area (TPSA) is 77.1 Å². The highest BCUT2D eigenvalue weighted by Crippen LogP contribution is 2.40. The van der Waals surface area contributed by atoms with E-state index in [9.17, 15) is 4.79 Å². The zero-order valence-electron chi connectivity index (χ0n) is 15.0. The van der Waals surface area contributed by atoms with Gasteiger partial charge in [0.05, 0.1) is 6.33 Å². The number of nitrogens with zero attached hydrogens (tertiary/aromatic N) is 5. The van der Waals surface area contributed by atoms with Crippen LogP contribution in [0.1, 0.15) is 65.3 Å². The molecule has 1 aromatic carbocycles. The summed E-state index contributed by atoms with van der Waals surface area (Å²) < 4.78 is 7.48. The molecular formula is C20H21N5O2. The molecule has 0 spiro atoms. The molecule has 3 heterocycles. The van der Waals surface area contributed by atoms with Gasteiger partial charge in [-0.1, -0.05) is 17.3 Å². The highest BCUT2D eigenvalue weighted by Gasteiger charge is 2.36. The van der Waals surface area contributed by atoms with Crippen LogP contribution < -0.4 is 0 Å². The average Bonchev–Trinajstić information content (AvgIpc) is 3.10. The Balaban J connectivity index is 1.31. The first kappa shape index (κ1) is 16.2. The van der Waals surface area contributed by atoms with Gasteiger partial charge in [-0.05, 0) is 43.4 Å².